The van der Waals surface area contributed by atoms with Gasteiger partial charge in [0.15, 0.2) is 0 Å². The lowest BCUT2D eigenvalue weighted by Gasteiger charge is -2.31. The van der Waals surface area contributed by atoms with Crippen LogP contribution in [0.15, 0.2) is 36.7 Å². The first-order valence-electron chi connectivity index (χ1n) is 7.34. The minimum atomic E-state index is 0.165. The van der Waals surface area contributed by atoms with Gasteiger partial charge in [0, 0.05) is 23.8 Å². The predicted molar refractivity (Wildman–Crippen MR) is 79.8 cm³/mol. The zero-order chi connectivity index (χ0) is 13.2. The molecule has 0 aliphatic heterocycles. The molecular formula is C17H22N2. The number of fused-ring (bicyclic) bond motifs is 1. The van der Waals surface area contributed by atoms with Crippen LogP contribution in [0.3, 0.4) is 0 Å². The fourth-order valence-corrected chi connectivity index (χ4v) is 3.34. The fraction of sp³-hybridized carbons (Fsp3) is 0.471. The molecule has 2 aromatic rings. The van der Waals surface area contributed by atoms with E-state index in [2.05, 4.69) is 36.2 Å². The van der Waals surface area contributed by atoms with E-state index in [1.54, 1.807) is 0 Å². The summed E-state index contributed by atoms with van der Waals surface area (Å²) in [5.74, 6) is 1.51. The van der Waals surface area contributed by atoms with E-state index in [1.807, 2.05) is 12.4 Å². The molecular weight excluding hydrogens is 232 g/mol. The lowest BCUT2D eigenvalue weighted by atomic mass is 9.77. The molecule has 2 nitrogen and oxygen atoms in total. The molecule has 1 unspecified atom stereocenters. The normalized spacial score (nSPS) is 25.4. The molecule has 0 saturated heterocycles. The van der Waals surface area contributed by atoms with Crippen molar-refractivity contribution in [3.63, 3.8) is 0 Å². The quantitative estimate of drug-likeness (QED) is 0.877. The summed E-state index contributed by atoms with van der Waals surface area (Å²) >= 11 is 0. The molecule has 0 bridgehead atoms. The average molecular weight is 254 g/mol. The number of aromatic nitrogens is 1. The molecule has 3 rings (SSSR count). The van der Waals surface area contributed by atoms with Crippen LogP contribution < -0.4 is 5.73 Å². The first-order chi connectivity index (χ1) is 9.25. The summed E-state index contributed by atoms with van der Waals surface area (Å²) in [5.41, 5.74) is 7.85. The van der Waals surface area contributed by atoms with Crippen molar-refractivity contribution in [2.24, 2.45) is 17.6 Å². The lowest BCUT2D eigenvalue weighted by Crippen LogP contribution is -2.25. The monoisotopic (exact) mass is 254 g/mol. The topological polar surface area (TPSA) is 38.9 Å². The minimum Gasteiger partial charge on any atom is -0.324 e. The van der Waals surface area contributed by atoms with E-state index in [4.69, 9.17) is 5.73 Å². The van der Waals surface area contributed by atoms with E-state index in [9.17, 15) is 0 Å². The Bertz CT molecular complexity index is 551. The van der Waals surface area contributed by atoms with Crippen LogP contribution in [0.5, 0.6) is 0 Å². The Kier molecular flexibility index (Phi) is 3.52. The van der Waals surface area contributed by atoms with Crippen LogP contribution in [-0.2, 0) is 0 Å². The zero-order valence-corrected chi connectivity index (χ0v) is 11.5. The van der Waals surface area contributed by atoms with E-state index in [0.29, 0.717) is 5.92 Å². The van der Waals surface area contributed by atoms with Crippen molar-refractivity contribution < 1.29 is 0 Å². The van der Waals surface area contributed by atoms with Crippen molar-refractivity contribution in [1.82, 2.24) is 4.98 Å². The molecule has 1 saturated carbocycles. The SMILES string of the molecule is CC1CCC(C(N)c2cccc3cnccc23)CC1. The fourth-order valence-electron chi connectivity index (χ4n) is 3.34. The van der Waals surface area contributed by atoms with Crippen LogP contribution in [0, 0.1) is 11.8 Å². The molecule has 100 valence electrons. The highest BCUT2D eigenvalue weighted by Crippen LogP contribution is 2.37. The number of nitrogens with two attached hydrogens (primary N) is 1. The highest BCUT2D eigenvalue weighted by atomic mass is 14.7. The van der Waals surface area contributed by atoms with E-state index in [1.165, 1.54) is 42.0 Å². The average Bonchev–Trinajstić information content (AvgIpc) is 2.47. The van der Waals surface area contributed by atoms with Gasteiger partial charge in [0.05, 0.1) is 0 Å². The van der Waals surface area contributed by atoms with Crippen LogP contribution in [0.1, 0.15) is 44.2 Å². The first-order valence-corrected chi connectivity index (χ1v) is 7.34. The van der Waals surface area contributed by atoms with Gasteiger partial charge in [0.25, 0.3) is 0 Å². The number of rotatable bonds is 2. The second kappa shape index (κ2) is 5.30. The molecule has 1 aliphatic rings. The Morgan fingerprint density at radius 3 is 2.74 bits per heavy atom. The minimum absolute atomic E-state index is 0.165. The molecule has 0 amide bonds. The van der Waals surface area contributed by atoms with Crippen molar-refractivity contribution in [2.75, 3.05) is 0 Å². The molecule has 1 fully saturated rings. The van der Waals surface area contributed by atoms with E-state index >= 15 is 0 Å². The zero-order valence-electron chi connectivity index (χ0n) is 11.5. The van der Waals surface area contributed by atoms with E-state index in [0.717, 1.165) is 5.92 Å². The van der Waals surface area contributed by atoms with Gasteiger partial charge in [-0.3, -0.25) is 4.98 Å². The Labute approximate surface area is 115 Å². The standard InChI is InChI=1S/C17H22N2/c1-12-5-7-13(8-6-12)17(18)16-4-2-3-14-11-19-10-9-15(14)16/h2-4,9-13,17H,5-8,18H2,1H3. The second-order valence-electron chi connectivity index (χ2n) is 5.99. The molecule has 1 heterocycles. The number of hydrogen-bond acceptors (Lipinski definition) is 2. The van der Waals surface area contributed by atoms with Gasteiger partial charge in [-0.2, -0.15) is 0 Å². The summed E-state index contributed by atoms with van der Waals surface area (Å²) in [4.78, 5) is 4.19. The Morgan fingerprint density at radius 1 is 1.16 bits per heavy atom. The molecule has 1 atom stereocenters. The largest absolute Gasteiger partial charge is 0.324 e. The van der Waals surface area contributed by atoms with Crippen LogP contribution in [-0.4, -0.2) is 4.98 Å². The molecule has 19 heavy (non-hydrogen) atoms. The summed E-state index contributed by atoms with van der Waals surface area (Å²) < 4.78 is 0. The summed E-state index contributed by atoms with van der Waals surface area (Å²) in [7, 11) is 0. The molecule has 1 aliphatic carbocycles. The summed E-state index contributed by atoms with van der Waals surface area (Å²) in [6, 6.07) is 8.66. The third kappa shape index (κ3) is 2.50. The van der Waals surface area contributed by atoms with Crippen LogP contribution in [0.2, 0.25) is 0 Å². The first kappa shape index (κ1) is 12.6. The summed E-state index contributed by atoms with van der Waals surface area (Å²) in [6.45, 7) is 2.35. The van der Waals surface area contributed by atoms with Crippen LogP contribution in [0.4, 0.5) is 0 Å². The van der Waals surface area contributed by atoms with Gasteiger partial charge in [-0.25, -0.2) is 0 Å². The van der Waals surface area contributed by atoms with Gasteiger partial charge < -0.3 is 5.73 Å². The van der Waals surface area contributed by atoms with Gasteiger partial charge in [-0.15, -0.1) is 0 Å². The van der Waals surface area contributed by atoms with Crippen molar-refractivity contribution >= 4 is 10.8 Å². The number of hydrogen-bond donors (Lipinski definition) is 1. The maximum Gasteiger partial charge on any atom is 0.0346 e. The van der Waals surface area contributed by atoms with Crippen molar-refractivity contribution in [2.45, 2.75) is 38.6 Å². The third-order valence-corrected chi connectivity index (χ3v) is 4.64. The van der Waals surface area contributed by atoms with Gasteiger partial charge in [0.1, 0.15) is 0 Å². The Balaban J connectivity index is 1.91. The van der Waals surface area contributed by atoms with Crippen molar-refractivity contribution in [1.29, 1.82) is 0 Å². The van der Waals surface area contributed by atoms with E-state index < -0.39 is 0 Å². The van der Waals surface area contributed by atoms with Gasteiger partial charge in [0.2, 0.25) is 0 Å². The summed E-state index contributed by atoms with van der Waals surface area (Å²) in [6.07, 6.45) is 8.97. The molecule has 1 aromatic heterocycles. The Hall–Kier alpha value is -1.41. The molecule has 0 radical (unpaired) electrons. The van der Waals surface area contributed by atoms with Crippen LogP contribution in [0.25, 0.3) is 10.8 Å². The number of pyridine rings is 1. The highest BCUT2D eigenvalue weighted by molar-refractivity contribution is 5.85. The van der Waals surface area contributed by atoms with Crippen LogP contribution >= 0.6 is 0 Å². The molecule has 2 N–H and O–H groups in total. The van der Waals surface area contributed by atoms with Gasteiger partial charge in [-0.05, 0) is 41.7 Å². The van der Waals surface area contributed by atoms with Gasteiger partial charge >= 0.3 is 0 Å². The molecule has 2 heteroatoms. The maximum atomic E-state index is 6.56. The summed E-state index contributed by atoms with van der Waals surface area (Å²) in [5, 5.41) is 2.46. The maximum absolute atomic E-state index is 6.56. The smallest absolute Gasteiger partial charge is 0.0346 e. The van der Waals surface area contributed by atoms with Gasteiger partial charge in [-0.1, -0.05) is 38.0 Å². The molecule has 0 spiro atoms. The number of nitrogens with zero attached hydrogens (tertiary/aromatic N) is 1. The third-order valence-electron chi connectivity index (χ3n) is 4.64. The highest BCUT2D eigenvalue weighted by Gasteiger charge is 2.25. The molecule has 1 aromatic carbocycles. The lowest BCUT2D eigenvalue weighted by molar-refractivity contribution is 0.257. The van der Waals surface area contributed by atoms with Crippen molar-refractivity contribution in [3.8, 4) is 0 Å². The van der Waals surface area contributed by atoms with E-state index in [-0.39, 0.29) is 6.04 Å². The number of benzene rings is 1. The predicted octanol–water partition coefficient (Wildman–Crippen LogP) is 4.06. The Morgan fingerprint density at radius 2 is 1.95 bits per heavy atom. The van der Waals surface area contributed by atoms with Crippen molar-refractivity contribution in [3.05, 3.63) is 42.2 Å². The second-order valence-corrected chi connectivity index (χ2v) is 5.99.